The number of esters is 1. The van der Waals surface area contributed by atoms with Crippen molar-refractivity contribution in [3.63, 3.8) is 0 Å². The molecule has 0 heterocycles. The van der Waals surface area contributed by atoms with E-state index in [2.05, 4.69) is 13.2 Å². The molecule has 0 saturated carbocycles. The summed E-state index contributed by atoms with van der Waals surface area (Å²) in [4.78, 5) is 11.5. The molecular formula is C16H14O3. The summed E-state index contributed by atoms with van der Waals surface area (Å²) in [6.45, 7) is 7.18. The van der Waals surface area contributed by atoms with Crippen LogP contribution in [0.2, 0.25) is 0 Å². The largest absolute Gasteiger partial charge is 0.456 e. The zero-order valence-corrected chi connectivity index (χ0v) is 10.5. The van der Waals surface area contributed by atoms with Crippen LogP contribution in [0, 0.1) is 0 Å². The lowest BCUT2D eigenvalue weighted by Crippen LogP contribution is -2.11. The summed E-state index contributed by atoms with van der Waals surface area (Å²) < 4.78 is 10.3. The first kappa shape index (κ1) is 12.9. The Hall–Kier alpha value is -2.55. The van der Waals surface area contributed by atoms with Crippen LogP contribution >= 0.6 is 0 Å². The Labute approximate surface area is 111 Å². The predicted molar refractivity (Wildman–Crippen MR) is 74.9 cm³/mol. The van der Waals surface area contributed by atoms with Crippen LogP contribution in [0.3, 0.4) is 0 Å². The van der Waals surface area contributed by atoms with Gasteiger partial charge in [-0.2, -0.15) is 0 Å². The normalized spacial score (nSPS) is 9.89. The van der Waals surface area contributed by atoms with Crippen LogP contribution in [0.15, 0.2) is 67.5 Å². The third-order valence-corrected chi connectivity index (χ3v) is 2.54. The lowest BCUT2D eigenvalue weighted by atomic mass is 10.1. The lowest BCUT2D eigenvalue weighted by Gasteiger charge is -2.10. The topological polar surface area (TPSA) is 35.5 Å². The average Bonchev–Trinajstić information content (AvgIpc) is 2.45. The van der Waals surface area contributed by atoms with Gasteiger partial charge in [0.2, 0.25) is 5.76 Å². The Morgan fingerprint density at radius 2 is 1.89 bits per heavy atom. The van der Waals surface area contributed by atoms with Crippen LogP contribution in [-0.4, -0.2) is 12.6 Å². The van der Waals surface area contributed by atoms with Gasteiger partial charge in [-0.1, -0.05) is 49.1 Å². The van der Waals surface area contributed by atoms with Crippen molar-refractivity contribution in [3.8, 4) is 5.75 Å². The van der Waals surface area contributed by atoms with Crippen molar-refractivity contribution in [3.05, 3.63) is 67.5 Å². The lowest BCUT2D eigenvalue weighted by molar-refractivity contribution is -0.140. The molecule has 0 N–H and O–H groups in total. The van der Waals surface area contributed by atoms with Crippen LogP contribution in [0.4, 0.5) is 0 Å². The first-order valence-corrected chi connectivity index (χ1v) is 5.85. The third-order valence-electron chi connectivity index (χ3n) is 2.54. The monoisotopic (exact) mass is 254 g/mol. The van der Waals surface area contributed by atoms with Gasteiger partial charge in [0, 0.05) is 5.39 Å². The molecule has 0 aliphatic heterocycles. The number of fused-ring (bicyclic) bond motifs is 1. The first-order chi connectivity index (χ1) is 9.22. The number of hydrogen-bond acceptors (Lipinski definition) is 3. The van der Waals surface area contributed by atoms with Gasteiger partial charge in [0.05, 0.1) is 0 Å². The SMILES string of the molecule is C=CCOC(=O)C(=C)Oc1cccc2ccccc12. The average molecular weight is 254 g/mol. The number of ether oxygens (including phenoxy) is 2. The molecule has 96 valence electrons. The van der Waals surface area contributed by atoms with Crippen LogP contribution in [0.25, 0.3) is 10.8 Å². The molecule has 0 spiro atoms. The number of carbonyl (C=O) groups is 1. The summed E-state index contributed by atoms with van der Waals surface area (Å²) in [6, 6.07) is 13.4. The molecule has 2 rings (SSSR count). The number of rotatable bonds is 5. The van der Waals surface area contributed by atoms with Gasteiger partial charge in [-0.05, 0) is 18.0 Å². The van der Waals surface area contributed by atoms with Crippen molar-refractivity contribution in [1.29, 1.82) is 0 Å². The second-order valence-corrected chi connectivity index (χ2v) is 3.89. The summed E-state index contributed by atoms with van der Waals surface area (Å²) in [5.41, 5.74) is 0. The van der Waals surface area contributed by atoms with Crippen molar-refractivity contribution < 1.29 is 14.3 Å². The third kappa shape index (κ3) is 3.01. The molecule has 0 aromatic heterocycles. The smallest absolute Gasteiger partial charge is 0.373 e. The molecule has 19 heavy (non-hydrogen) atoms. The van der Waals surface area contributed by atoms with E-state index in [4.69, 9.17) is 9.47 Å². The van der Waals surface area contributed by atoms with E-state index in [1.807, 2.05) is 36.4 Å². The summed E-state index contributed by atoms with van der Waals surface area (Å²) in [5.74, 6) is -0.0512. The van der Waals surface area contributed by atoms with E-state index in [0.29, 0.717) is 5.75 Å². The number of benzene rings is 2. The Bertz CT molecular complexity index is 623. The minimum Gasteiger partial charge on any atom is -0.456 e. The Balaban J connectivity index is 2.19. The minimum atomic E-state index is -0.590. The van der Waals surface area contributed by atoms with Gasteiger partial charge in [0.15, 0.2) is 0 Å². The van der Waals surface area contributed by atoms with Crippen molar-refractivity contribution in [1.82, 2.24) is 0 Å². The molecule has 0 amide bonds. The maximum Gasteiger partial charge on any atom is 0.373 e. The summed E-state index contributed by atoms with van der Waals surface area (Å²) >= 11 is 0. The molecular weight excluding hydrogens is 240 g/mol. The maximum atomic E-state index is 11.5. The van der Waals surface area contributed by atoms with E-state index in [1.54, 1.807) is 6.07 Å². The molecule has 0 bridgehead atoms. The summed E-state index contributed by atoms with van der Waals surface area (Å²) in [5, 5.41) is 1.95. The molecule has 0 unspecified atom stereocenters. The minimum absolute atomic E-state index is 0.0433. The van der Waals surface area contributed by atoms with E-state index in [1.165, 1.54) is 6.08 Å². The van der Waals surface area contributed by atoms with Crippen LogP contribution in [0.5, 0.6) is 5.75 Å². The predicted octanol–water partition coefficient (Wildman–Crippen LogP) is 3.46. The van der Waals surface area contributed by atoms with Gasteiger partial charge >= 0.3 is 5.97 Å². The van der Waals surface area contributed by atoms with E-state index >= 15 is 0 Å². The van der Waals surface area contributed by atoms with Gasteiger partial charge in [-0.25, -0.2) is 4.79 Å². The summed E-state index contributed by atoms with van der Waals surface area (Å²) in [7, 11) is 0. The van der Waals surface area contributed by atoms with Gasteiger partial charge < -0.3 is 9.47 Å². The van der Waals surface area contributed by atoms with Crippen molar-refractivity contribution in [2.75, 3.05) is 6.61 Å². The molecule has 2 aromatic carbocycles. The van der Waals surface area contributed by atoms with Crippen LogP contribution in [0.1, 0.15) is 0 Å². The second-order valence-electron chi connectivity index (χ2n) is 3.89. The number of carbonyl (C=O) groups excluding carboxylic acids is 1. The maximum absolute atomic E-state index is 11.5. The molecule has 0 aliphatic carbocycles. The van der Waals surface area contributed by atoms with E-state index in [0.717, 1.165) is 10.8 Å². The van der Waals surface area contributed by atoms with Crippen molar-refractivity contribution in [2.45, 2.75) is 0 Å². The second kappa shape index (κ2) is 5.87. The van der Waals surface area contributed by atoms with E-state index in [-0.39, 0.29) is 12.4 Å². The number of hydrogen-bond donors (Lipinski definition) is 0. The fourth-order valence-corrected chi connectivity index (χ4v) is 1.67. The molecule has 0 fully saturated rings. The highest BCUT2D eigenvalue weighted by molar-refractivity contribution is 5.90. The molecule has 3 heteroatoms. The standard InChI is InChI=1S/C16H14O3/c1-3-11-18-16(17)12(2)19-15-10-6-8-13-7-4-5-9-14(13)15/h3-10H,1-2,11H2. The molecule has 2 aromatic rings. The first-order valence-electron chi connectivity index (χ1n) is 5.85. The zero-order chi connectivity index (χ0) is 13.7. The highest BCUT2D eigenvalue weighted by Crippen LogP contribution is 2.26. The highest BCUT2D eigenvalue weighted by Gasteiger charge is 2.11. The van der Waals surface area contributed by atoms with Gasteiger partial charge in [0.1, 0.15) is 12.4 Å². The van der Waals surface area contributed by atoms with Crippen LogP contribution < -0.4 is 4.74 Å². The van der Waals surface area contributed by atoms with E-state index in [9.17, 15) is 4.79 Å². The highest BCUT2D eigenvalue weighted by atomic mass is 16.6. The summed E-state index contributed by atoms with van der Waals surface area (Å²) in [6.07, 6.45) is 1.49. The van der Waals surface area contributed by atoms with E-state index < -0.39 is 5.97 Å². The Morgan fingerprint density at radius 1 is 1.16 bits per heavy atom. The van der Waals surface area contributed by atoms with Gasteiger partial charge in [0.25, 0.3) is 0 Å². The quantitative estimate of drug-likeness (QED) is 0.355. The fraction of sp³-hybridized carbons (Fsp3) is 0.0625. The molecule has 0 aliphatic rings. The fourth-order valence-electron chi connectivity index (χ4n) is 1.67. The zero-order valence-electron chi connectivity index (χ0n) is 10.5. The Kier molecular flexibility index (Phi) is 3.98. The molecule has 0 atom stereocenters. The van der Waals surface area contributed by atoms with Crippen molar-refractivity contribution >= 4 is 16.7 Å². The van der Waals surface area contributed by atoms with Gasteiger partial charge in [-0.3, -0.25) is 0 Å². The molecule has 0 radical (unpaired) electrons. The van der Waals surface area contributed by atoms with Gasteiger partial charge in [-0.15, -0.1) is 0 Å². The van der Waals surface area contributed by atoms with Crippen LogP contribution in [-0.2, 0) is 9.53 Å². The van der Waals surface area contributed by atoms with Crippen molar-refractivity contribution in [2.24, 2.45) is 0 Å². The molecule has 3 nitrogen and oxygen atoms in total. The Morgan fingerprint density at radius 3 is 2.68 bits per heavy atom. The molecule has 0 saturated heterocycles.